The zero-order valence-electron chi connectivity index (χ0n) is 18.3. The Labute approximate surface area is 173 Å². The number of hydrogen-bond acceptors (Lipinski definition) is 4. The summed E-state index contributed by atoms with van der Waals surface area (Å²) in [5.74, 6) is 0.0640. The SMILES string of the molecule is C[C@@H]1CN(C(=O)O)[C@@H](c2ccc(N3CCN(C)CC3)cc2)CN1C(=O)C(C)(C)C. The zero-order chi connectivity index (χ0) is 21.3. The van der Waals surface area contributed by atoms with Crippen LogP contribution in [0.1, 0.15) is 39.3 Å². The van der Waals surface area contributed by atoms with Gasteiger partial charge in [-0.05, 0) is 31.7 Å². The molecule has 0 bridgehead atoms. The van der Waals surface area contributed by atoms with Crippen LogP contribution in [-0.2, 0) is 4.79 Å². The molecule has 1 aromatic rings. The highest BCUT2D eigenvalue weighted by Gasteiger charge is 2.40. The second-order valence-electron chi connectivity index (χ2n) is 9.39. The van der Waals surface area contributed by atoms with Crippen molar-refractivity contribution < 1.29 is 14.7 Å². The molecule has 3 rings (SSSR count). The van der Waals surface area contributed by atoms with Crippen LogP contribution in [0, 0.1) is 5.41 Å². The third-order valence-electron chi connectivity index (χ3n) is 6.03. The van der Waals surface area contributed by atoms with Gasteiger partial charge in [-0.25, -0.2) is 4.79 Å². The number of carbonyl (C=O) groups is 2. The Hall–Kier alpha value is -2.28. The van der Waals surface area contributed by atoms with Crippen LogP contribution in [0.4, 0.5) is 10.5 Å². The number of benzene rings is 1. The van der Waals surface area contributed by atoms with Crippen LogP contribution in [-0.4, -0.2) is 84.2 Å². The summed E-state index contributed by atoms with van der Waals surface area (Å²) in [6.45, 7) is 12.4. The molecule has 2 saturated heterocycles. The van der Waals surface area contributed by atoms with Gasteiger partial charge in [0.2, 0.25) is 5.91 Å². The Kier molecular flexibility index (Phi) is 6.08. The fraction of sp³-hybridized carbons (Fsp3) is 0.636. The predicted octanol–water partition coefficient (Wildman–Crippen LogP) is 2.74. The summed E-state index contributed by atoms with van der Waals surface area (Å²) in [6, 6.07) is 7.70. The number of piperazine rings is 2. The number of nitrogens with zero attached hydrogens (tertiary/aromatic N) is 4. The molecule has 0 spiro atoms. The van der Waals surface area contributed by atoms with E-state index < -0.39 is 11.5 Å². The van der Waals surface area contributed by atoms with Gasteiger partial charge in [-0.15, -0.1) is 0 Å². The first-order chi connectivity index (χ1) is 13.6. The third kappa shape index (κ3) is 4.66. The molecule has 1 N–H and O–H groups in total. The molecule has 0 radical (unpaired) electrons. The largest absolute Gasteiger partial charge is 0.465 e. The van der Waals surface area contributed by atoms with Gasteiger partial charge < -0.3 is 19.8 Å². The van der Waals surface area contributed by atoms with Crippen molar-refractivity contribution in [3.63, 3.8) is 0 Å². The Morgan fingerprint density at radius 1 is 0.966 bits per heavy atom. The highest BCUT2D eigenvalue weighted by atomic mass is 16.4. The lowest BCUT2D eigenvalue weighted by Crippen LogP contribution is -2.58. The molecular weight excluding hydrogens is 368 g/mol. The average molecular weight is 403 g/mol. The number of amides is 2. The lowest BCUT2D eigenvalue weighted by atomic mass is 9.91. The molecule has 2 heterocycles. The fourth-order valence-electron chi connectivity index (χ4n) is 4.16. The number of carboxylic acid groups (broad SMARTS) is 1. The van der Waals surface area contributed by atoms with E-state index in [1.54, 1.807) is 0 Å². The predicted molar refractivity (Wildman–Crippen MR) is 114 cm³/mol. The average Bonchev–Trinajstić information content (AvgIpc) is 2.67. The molecule has 160 valence electrons. The summed E-state index contributed by atoms with van der Waals surface area (Å²) in [7, 11) is 2.13. The molecule has 2 aliphatic rings. The Morgan fingerprint density at radius 3 is 2.07 bits per heavy atom. The molecule has 2 atom stereocenters. The first-order valence-corrected chi connectivity index (χ1v) is 10.4. The monoisotopic (exact) mass is 402 g/mol. The third-order valence-corrected chi connectivity index (χ3v) is 6.03. The van der Waals surface area contributed by atoms with E-state index in [4.69, 9.17) is 0 Å². The molecule has 7 nitrogen and oxygen atoms in total. The summed E-state index contributed by atoms with van der Waals surface area (Å²) in [4.78, 5) is 32.8. The van der Waals surface area contributed by atoms with Gasteiger partial charge in [0.25, 0.3) is 0 Å². The van der Waals surface area contributed by atoms with Crippen molar-refractivity contribution >= 4 is 17.7 Å². The van der Waals surface area contributed by atoms with Gasteiger partial charge in [0.05, 0.1) is 6.04 Å². The smallest absolute Gasteiger partial charge is 0.407 e. The summed E-state index contributed by atoms with van der Waals surface area (Å²) < 4.78 is 0. The number of rotatable bonds is 2. The summed E-state index contributed by atoms with van der Waals surface area (Å²) >= 11 is 0. The number of carbonyl (C=O) groups excluding carboxylic acids is 1. The van der Waals surface area contributed by atoms with Crippen LogP contribution in [0.3, 0.4) is 0 Å². The highest BCUT2D eigenvalue weighted by molar-refractivity contribution is 5.82. The maximum absolute atomic E-state index is 12.9. The highest BCUT2D eigenvalue weighted by Crippen LogP contribution is 2.32. The van der Waals surface area contributed by atoms with Crippen molar-refractivity contribution in [3.8, 4) is 0 Å². The molecule has 0 aliphatic carbocycles. The fourth-order valence-corrected chi connectivity index (χ4v) is 4.16. The van der Waals surface area contributed by atoms with Gasteiger partial charge in [0.15, 0.2) is 0 Å². The van der Waals surface area contributed by atoms with Crippen LogP contribution >= 0.6 is 0 Å². The lowest BCUT2D eigenvalue weighted by molar-refractivity contribution is -0.145. The molecule has 1 aromatic carbocycles. The zero-order valence-corrected chi connectivity index (χ0v) is 18.3. The van der Waals surface area contributed by atoms with E-state index in [0.29, 0.717) is 13.1 Å². The van der Waals surface area contributed by atoms with E-state index in [0.717, 1.165) is 37.4 Å². The number of anilines is 1. The molecule has 29 heavy (non-hydrogen) atoms. The Bertz CT molecular complexity index is 735. The topological polar surface area (TPSA) is 67.3 Å². The second kappa shape index (κ2) is 8.22. The van der Waals surface area contributed by atoms with E-state index in [2.05, 4.69) is 29.0 Å². The Balaban J connectivity index is 1.81. The van der Waals surface area contributed by atoms with Crippen molar-refractivity contribution in [3.05, 3.63) is 29.8 Å². The number of hydrogen-bond donors (Lipinski definition) is 1. The Morgan fingerprint density at radius 2 is 1.55 bits per heavy atom. The lowest BCUT2D eigenvalue weighted by Gasteiger charge is -2.46. The molecule has 0 unspecified atom stereocenters. The first-order valence-electron chi connectivity index (χ1n) is 10.4. The summed E-state index contributed by atoms with van der Waals surface area (Å²) in [5.41, 5.74) is 1.61. The first kappa shape index (κ1) is 21.4. The minimum absolute atomic E-state index is 0.0640. The molecule has 0 saturated carbocycles. The quantitative estimate of drug-likeness (QED) is 0.824. The minimum Gasteiger partial charge on any atom is -0.465 e. The standard InChI is InChI=1S/C22H34N4O3/c1-16-14-26(21(28)29)19(15-25(16)20(27)22(2,3)4)17-6-8-18(9-7-17)24-12-10-23(5)11-13-24/h6-9,16,19H,10-15H2,1-5H3,(H,28,29)/t16-,19-/m1/s1. The van der Waals surface area contributed by atoms with E-state index in [9.17, 15) is 14.7 Å². The summed E-state index contributed by atoms with van der Waals surface area (Å²) in [5, 5.41) is 9.77. The van der Waals surface area contributed by atoms with E-state index >= 15 is 0 Å². The maximum atomic E-state index is 12.9. The van der Waals surface area contributed by atoms with E-state index in [1.807, 2.05) is 44.7 Å². The number of likely N-dealkylation sites (N-methyl/N-ethyl adjacent to an activating group) is 1. The molecule has 2 amide bonds. The van der Waals surface area contributed by atoms with E-state index in [-0.39, 0.29) is 18.0 Å². The van der Waals surface area contributed by atoms with Gasteiger partial charge in [-0.3, -0.25) is 9.69 Å². The molecular formula is C22H34N4O3. The van der Waals surface area contributed by atoms with Crippen molar-refractivity contribution in [1.82, 2.24) is 14.7 Å². The summed E-state index contributed by atoms with van der Waals surface area (Å²) in [6.07, 6.45) is -0.937. The van der Waals surface area contributed by atoms with Crippen molar-refractivity contribution in [1.29, 1.82) is 0 Å². The van der Waals surface area contributed by atoms with Crippen molar-refractivity contribution in [2.24, 2.45) is 5.41 Å². The second-order valence-corrected chi connectivity index (χ2v) is 9.39. The normalized spacial score (nSPS) is 24.0. The van der Waals surface area contributed by atoms with Gasteiger partial charge in [0, 0.05) is 56.4 Å². The van der Waals surface area contributed by atoms with Gasteiger partial charge >= 0.3 is 6.09 Å². The van der Waals surface area contributed by atoms with Crippen molar-refractivity contribution in [2.45, 2.75) is 39.8 Å². The van der Waals surface area contributed by atoms with Crippen LogP contribution < -0.4 is 4.90 Å². The van der Waals surface area contributed by atoms with Gasteiger partial charge in [0.1, 0.15) is 0 Å². The van der Waals surface area contributed by atoms with Crippen molar-refractivity contribution in [2.75, 3.05) is 51.2 Å². The molecule has 2 fully saturated rings. The van der Waals surface area contributed by atoms with Crippen LogP contribution in [0.25, 0.3) is 0 Å². The van der Waals surface area contributed by atoms with Gasteiger partial charge in [-0.2, -0.15) is 0 Å². The molecule has 0 aromatic heterocycles. The molecule has 7 heteroatoms. The van der Waals surface area contributed by atoms with Gasteiger partial charge in [-0.1, -0.05) is 32.9 Å². The van der Waals surface area contributed by atoms with Crippen LogP contribution in [0.5, 0.6) is 0 Å². The van der Waals surface area contributed by atoms with Crippen LogP contribution in [0.2, 0.25) is 0 Å². The minimum atomic E-state index is -0.937. The maximum Gasteiger partial charge on any atom is 0.407 e. The molecule has 2 aliphatic heterocycles. The van der Waals surface area contributed by atoms with E-state index in [1.165, 1.54) is 4.90 Å². The van der Waals surface area contributed by atoms with Crippen LogP contribution in [0.15, 0.2) is 24.3 Å².